The van der Waals surface area contributed by atoms with Crippen LogP contribution in [0.4, 0.5) is 0 Å². The fourth-order valence-electron chi connectivity index (χ4n) is 1.45. The second kappa shape index (κ2) is 9.71. The van der Waals surface area contributed by atoms with E-state index < -0.39 is 28.8 Å². The molecule has 0 aromatic rings. The van der Waals surface area contributed by atoms with Gasteiger partial charge in [0.15, 0.2) is 0 Å². The van der Waals surface area contributed by atoms with E-state index in [1.54, 1.807) is 0 Å². The van der Waals surface area contributed by atoms with Crippen molar-refractivity contribution in [3.05, 3.63) is 0 Å². The fraction of sp³-hybridized carbons (Fsp3) is 0.833. The van der Waals surface area contributed by atoms with Crippen molar-refractivity contribution in [3.8, 4) is 0 Å². The third kappa shape index (κ3) is 13.3. The maximum Gasteiger partial charge on any atom is 0.448 e. The zero-order chi connectivity index (χ0) is 15.6. The van der Waals surface area contributed by atoms with Crippen molar-refractivity contribution in [1.29, 1.82) is 0 Å². The molecule has 0 aliphatic heterocycles. The standard InChI is InChI=1S/C12H22O7S/c1-10(2)6-4-3-5-9-18-11(13)7-8-12(14)19-20(15,16)17/h10H,3-9H2,1-2H3,(H,15,16,17). The third-order valence-electron chi connectivity index (χ3n) is 2.42. The lowest BCUT2D eigenvalue weighted by atomic mass is 10.1. The predicted octanol–water partition coefficient (Wildman–Crippen LogP) is 1.87. The maximum atomic E-state index is 11.2. The summed E-state index contributed by atoms with van der Waals surface area (Å²) in [4.78, 5) is 22.1. The average Bonchev–Trinajstić information content (AvgIpc) is 2.28. The molecular formula is C12H22O7S. The number of ether oxygens (including phenoxy) is 1. The lowest BCUT2D eigenvalue weighted by molar-refractivity contribution is -0.147. The summed E-state index contributed by atoms with van der Waals surface area (Å²) in [5.41, 5.74) is 0. The van der Waals surface area contributed by atoms with Crippen LogP contribution in [0.5, 0.6) is 0 Å². The highest BCUT2D eigenvalue weighted by molar-refractivity contribution is 7.81. The van der Waals surface area contributed by atoms with E-state index in [2.05, 4.69) is 18.0 Å². The minimum absolute atomic E-state index is 0.277. The quantitative estimate of drug-likeness (QED) is 0.373. The first kappa shape index (κ1) is 18.9. The van der Waals surface area contributed by atoms with E-state index in [-0.39, 0.29) is 13.0 Å². The van der Waals surface area contributed by atoms with Gasteiger partial charge in [-0.2, -0.15) is 8.42 Å². The summed E-state index contributed by atoms with van der Waals surface area (Å²) in [6.07, 6.45) is 3.21. The second-order valence-electron chi connectivity index (χ2n) is 4.85. The normalized spacial score (nSPS) is 11.4. The molecule has 8 heteroatoms. The minimum atomic E-state index is -4.81. The number of esters is 1. The van der Waals surface area contributed by atoms with E-state index in [1.807, 2.05) is 0 Å². The molecule has 0 aliphatic rings. The molecule has 118 valence electrons. The van der Waals surface area contributed by atoms with Crippen LogP contribution in [0.3, 0.4) is 0 Å². The van der Waals surface area contributed by atoms with Gasteiger partial charge in [-0.25, -0.2) is 0 Å². The molecule has 0 radical (unpaired) electrons. The minimum Gasteiger partial charge on any atom is -0.466 e. The van der Waals surface area contributed by atoms with Crippen LogP contribution >= 0.6 is 0 Å². The van der Waals surface area contributed by atoms with Crippen LogP contribution in [-0.2, 0) is 28.9 Å². The lowest BCUT2D eigenvalue weighted by Gasteiger charge is -2.06. The highest BCUT2D eigenvalue weighted by atomic mass is 32.3. The van der Waals surface area contributed by atoms with E-state index in [1.165, 1.54) is 0 Å². The van der Waals surface area contributed by atoms with Crippen molar-refractivity contribution in [3.63, 3.8) is 0 Å². The van der Waals surface area contributed by atoms with Crippen LogP contribution in [0.1, 0.15) is 52.4 Å². The Kier molecular flexibility index (Phi) is 9.15. The van der Waals surface area contributed by atoms with Gasteiger partial charge in [-0.15, -0.1) is 0 Å². The molecule has 0 aromatic heterocycles. The van der Waals surface area contributed by atoms with Crippen LogP contribution in [-0.4, -0.2) is 31.5 Å². The van der Waals surface area contributed by atoms with E-state index in [4.69, 9.17) is 9.29 Å². The Morgan fingerprint density at radius 2 is 1.65 bits per heavy atom. The van der Waals surface area contributed by atoms with Crippen molar-refractivity contribution in [2.45, 2.75) is 52.4 Å². The molecular weight excluding hydrogens is 288 g/mol. The Morgan fingerprint density at radius 1 is 1.05 bits per heavy atom. The van der Waals surface area contributed by atoms with Crippen molar-refractivity contribution in [1.82, 2.24) is 0 Å². The van der Waals surface area contributed by atoms with Gasteiger partial charge in [-0.3, -0.25) is 14.1 Å². The third-order valence-corrected chi connectivity index (χ3v) is 2.82. The van der Waals surface area contributed by atoms with E-state index in [0.717, 1.165) is 25.7 Å². The Hall–Kier alpha value is -1.15. The number of hydrogen-bond acceptors (Lipinski definition) is 6. The molecule has 0 spiro atoms. The Labute approximate surface area is 119 Å². The summed E-state index contributed by atoms with van der Waals surface area (Å²) in [5, 5.41) is 0. The topological polar surface area (TPSA) is 107 Å². The average molecular weight is 310 g/mol. The van der Waals surface area contributed by atoms with Crippen molar-refractivity contribution in [2.75, 3.05) is 6.61 Å². The van der Waals surface area contributed by atoms with Crippen molar-refractivity contribution < 1.29 is 31.5 Å². The van der Waals surface area contributed by atoms with Gasteiger partial charge in [0, 0.05) is 0 Å². The van der Waals surface area contributed by atoms with Gasteiger partial charge in [-0.05, 0) is 12.3 Å². The van der Waals surface area contributed by atoms with Crippen LogP contribution in [0.25, 0.3) is 0 Å². The van der Waals surface area contributed by atoms with Crippen LogP contribution in [0, 0.1) is 5.92 Å². The van der Waals surface area contributed by atoms with E-state index >= 15 is 0 Å². The second-order valence-corrected chi connectivity index (χ2v) is 5.87. The molecule has 1 N–H and O–H groups in total. The Morgan fingerprint density at radius 3 is 2.20 bits per heavy atom. The summed E-state index contributed by atoms with van der Waals surface area (Å²) in [6, 6.07) is 0. The number of hydrogen-bond donors (Lipinski definition) is 1. The van der Waals surface area contributed by atoms with Gasteiger partial charge in [0.2, 0.25) is 0 Å². The summed E-state index contributed by atoms with van der Waals surface area (Å²) < 4.78 is 37.2. The lowest BCUT2D eigenvalue weighted by Crippen LogP contribution is -2.14. The van der Waals surface area contributed by atoms with Crippen molar-refractivity contribution in [2.24, 2.45) is 5.92 Å². The molecule has 0 atom stereocenters. The molecule has 0 heterocycles. The SMILES string of the molecule is CC(C)CCCCCOC(=O)CCC(=O)OS(=O)(=O)O. The number of unbranched alkanes of at least 4 members (excludes halogenated alkanes) is 2. The molecule has 0 fully saturated rings. The van der Waals surface area contributed by atoms with Gasteiger partial charge in [0.1, 0.15) is 0 Å². The van der Waals surface area contributed by atoms with Gasteiger partial charge < -0.3 is 8.92 Å². The molecule has 0 aliphatic carbocycles. The van der Waals surface area contributed by atoms with Crippen LogP contribution in [0.2, 0.25) is 0 Å². The van der Waals surface area contributed by atoms with E-state index in [9.17, 15) is 18.0 Å². The highest BCUT2D eigenvalue weighted by Gasteiger charge is 2.15. The first-order valence-electron chi connectivity index (χ1n) is 6.56. The number of rotatable bonds is 10. The fourth-order valence-corrected chi connectivity index (χ4v) is 1.77. The Bertz CT molecular complexity index is 400. The van der Waals surface area contributed by atoms with Crippen LogP contribution in [0.15, 0.2) is 0 Å². The summed E-state index contributed by atoms with van der Waals surface area (Å²) in [5.74, 6) is -1.13. The zero-order valence-corrected chi connectivity index (χ0v) is 12.6. The monoisotopic (exact) mass is 310 g/mol. The van der Waals surface area contributed by atoms with E-state index in [0.29, 0.717) is 5.92 Å². The highest BCUT2D eigenvalue weighted by Crippen LogP contribution is 2.08. The Balaban J connectivity index is 3.57. The first-order chi connectivity index (χ1) is 9.20. The van der Waals surface area contributed by atoms with Gasteiger partial charge in [-0.1, -0.05) is 33.1 Å². The summed E-state index contributed by atoms with van der Waals surface area (Å²) in [6.45, 7) is 4.57. The summed E-state index contributed by atoms with van der Waals surface area (Å²) in [7, 11) is -4.81. The first-order valence-corrected chi connectivity index (χ1v) is 7.92. The van der Waals surface area contributed by atoms with Gasteiger partial charge in [0.25, 0.3) is 0 Å². The zero-order valence-electron chi connectivity index (χ0n) is 11.8. The molecule has 0 saturated carbocycles. The molecule has 0 amide bonds. The molecule has 0 unspecified atom stereocenters. The van der Waals surface area contributed by atoms with Gasteiger partial charge >= 0.3 is 22.3 Å². The predicted molar refractivity (Wildman–Crippen MR) is 71.1 cm³/mol. The number of carbonyl (C=O) groups excluding carboxylic acids is 2. The largest absolute Gasteiger partial charge is 0.466 e. The molecule has 0 aromatic carbocycles. The van der Waals surface area contributed by atoms with Gasteiger partial charge in [0.05, 0.1) is 19.4 Å². The summed E-state index contributed by atoms with van der Waals surface area (Å²) >= 11 is 0. The maximum absolute atomic E-state index is 11.2. The molecule has 20 heavy (non-hydrogen) atoms. The molecule has 7 nitrogen and oxygen atoms in total. The smallest absolute Gasteiger partial charge is 0.448 e. The molecule has 0 bridgehead atoms. The van der Waals surface area contributed by atoms with Crippen LogP contribution < -0.4 is 0 Å². The molecule has 0 rings (SSSR count). The molecule has 0 saturated heterocycles. The van der Waals surface area contributed by atoms with Crippen molar-refractivity contribution >= 4 is 22.3 Å². The number of carbonyl (C=O) groups is 2.